The van der Waals surface area contributed by atoms with Crippen molar-refractivity contribution < 1.29 is 4.79 Å². The van der Waals surface area contributed by atoms with Crippen molar-refractivity contribution >= 4 is 17.1 Å². The van der Waals surface area contributed by atoms with Crippen LogP contribution >= 0.6 is 0 Å². The molecule has 0 aromatic carbocycles. The summed E-state index contributed by atoms with van der Waals surface area (Å²) >= 11 is 0. The Morgan fingerprint density at radius 1 is 1.16 bits per heavy atom. The quantitative estimate of drug-likeness (QED) is 0.568. The molecule has 2 aromatic heterocycles. The fourth-order valence-corrected chi connectivity index (χ4v) is 4.33. The van der Waals surface area contributed by atoms with Gasteiger partial charge in [-0.1, -0.05) is 27.2 Å². The van der Waals surface area contributed by atoms with Crippen LogP contribution in [-0.2, 0) is 24.3 Å². The second-order valence-electron chi connectivity index (χ2n) is 9.33. The van der Waals surface area contributed by atoms with Gasteiger partial charge in [0.05, 0.1) is 0 Å². The van der Waals surface area contributed by atoms with Crippen molar-refractivity contribution in [3.8, 4) is 0 Å². The molecule has 0 saturated carbocycles. The molecule has 0 unspecified atom stereocenters. The summed E-state index contributed by atoms with van der Waals surface area (Å²) in [5.74, 6) is 1.06. The number of aromatic amines is 1. The number of carbonyl (C=O) groups is 1. The zero-order chi connectivity index (χ0) is 23.3. The van der Waals surface area contributed by atoms with E-state index in [4.69, 9.17) is 4.98 Å². The lowest BCUT2D eigenvalue weighted by Gasteiger charge is -2.21. The molecule has 9 heteroatoms. The average molecular weight is 447 g/mol. The van der Waals surface area contributed by atoms with Crippen molar-refractivity contribution in [2.75, 3.05) is 33.2 Å². The second kappa shape index (κ2) is 10.9. The number of nitrogens with zero attached hydrogens (tertiary/aromatic N) is 5. The van der Waals surface area contributed by atoms with Crippen LogP contribution in [0.4, 0.5) is 0 Å². The molecule has 0 spiro atoms. The highest BCUT2D eigenvalue weighted by Gasteiger charge is 2.21. The van der Waals surface area contributed by atoms with Gasteiger partial charge in [0.25, 0.3) is 5.56 Å². The third kappa shape index (κ3) is 5.68. The third-order valence-corrected chi connectivity index (χ3v) is 6.19. The minimum Gasteiger partial charge on any atom is -0.344 e. The van der Waals surface area contributed by atoms with Gasteiger partial charge < -0.3 is 14.4 Å². The van der Waals surface area contributed by atoms with Crippen molar-refractivity contribution in [2.24, 2.45) is 5.92 Å². The number of H-pyrrole nitrogens is 1. The summed E-state index contributed by atoms with van der Waals surface area (Å²) in [7, 11) is 1.85. The van der Waals surface area contributed by atoms with E-state index in [0.717, 1.165) is 39.0 Å². The Balaban J connectivity index is 1.81. The number of carbonyl (C=O) groups excluding carboxylic acids is 1. The topological polar surface area (TPSA) is 96.2 Å². The highest BCUT2D eigenvalue weighted by Crippen LogP contribution is 2.16. The van der Waals surface area contributed by atoms with Gasteiger partial charge in [0.1, 0.15) is 5.82 Å². The number of likely N-dealkylation sites (N-methyl/N-ethyl adjacent to an activating group) is 1. The van der Waals surface area contributed by atoms with Crippen molar-refractivity contribution in [1.29, 1.82) is 0 Å². The smallest absolute Gasteiger partial charge is 0.330 e. The molecule has 1 aliphatic heterocycles. The molecule has 2 aromatic rings. The minimum absolute atomic E-state index is 0.0737. The molecule has 1 aliphatic rings. The number of nitrogens with one attached hydrogen (secondary N) is 1. The number of unbranched alkanes of at least 4 members (excludes halogenated alkanes) is 1. The molecular formula is C23H38N6O3. The third-order valence-electron chi connectivity index (χ3n) is 6.19. The first-order chi connectivity index (χ1) is 15.3. The molecule has 0 atom stereocenters. The number of rotatable bonds is 11. The molecule has 0 aliphatic carbocycles. The fourth-order valence-electron chi connectivity index (χ4n) is 4.33. The van der Waals surface area contributed by atoms with Crippen molar-refractivity contribution in [3.05, 3.63) is 26.7 Å². The first-order valence-corrected chi connectivity index (χ1v) is 12.0. The molecule has 1 N–H and O–H groups in total. The lowest BCUT2D eigenvalue weighted by atomic mass is 10.2. The SMILES string of the molecule is CCCCn1c(=O)[nH]c(=O)c2c1nc(CCC(=O)N(C)CCN1CCCC1)n2CC(C)C. The van der Waals surface area contributed by atoms with E-state index in [1.54, 1.807) is 9.47 Å². The van der Waals surface area contributed by atoms with Crippen molar-refractivity contribution in [1.82, 2.24) is 28.9 Å². The Morgan fingerprint density at radius 3 is 2.53 bits per heavy atom. The van der Waals surface area contributed by atoms with Crippen LogP contribution in [0.2, 0.25) is 0 Å². The molecule has 0 bridgehead atoms. The van der Waals surface area contributed by atoms with E-state index in [1.807, 2.05) is 11.6 Å². The van der Waals surface area contributed by atoms with Gasteiger partial charge in [0, 0.05) is 46.1 Å². The van der Waals surface area contributed by atoms with Crippen molar-refractivity contribution in [3.63, 3.8) is 0 Å². The van der Waals surface area contributed by atoms with E-state index in [0.29, 0.717) is 48.8 Å². The van der Waals surface area contributed by atoms with Gasteiger partial charge in [-0.05, 0) is 38.3 Å². The van der Waals surface area contributed by atoms with Gasteiger partial charge in [-0.3, -0.25) is 19.1 Å². The number of likely N-dealkylation sites (tertiary alicyclic amines) is 1. The van der Waals surface area contributed by atoms with E-state index < -0.39 is 11.2 Å². The standard InChI is InChI=1S/C23H38N6O3/c1-5-6-13-28-21-20(22(31)25-23(28)32)29(16-17(2)3)18(24-21)9-10-19(30)26(4)14-15-27-11-7-8-12-27/h17H,5-16H2,1-4H3,(H,25,31,32). The molecule has 0 radical (unpaired) electrons. The Morgan fingerprint density at radius 2 is 1.88 bits per heavy atom. The van der Waals surface area contributed by atoms with E-state index in [2.05, 4.69) is 30.7 Å². The van der Waals surface area contributed by atoms with Gasteiger partial charge in [0.15, 0.2) is 11.2 Å². The molecule has 1 fully saturated rings. The number of aryl methyl sites for hydroxylation is 2. The molecule has 3 rings (SSSR count). The normalized spacial score (nSPS) is 14.7. The van der Waals surface area contributed by atoms with Crippen LogP contribution < -0.4 is 11.2 Å². The highest BCUT2D eigenvalue weighted by atomic mass is 16.2. The Labute approximate surface area is 189 Å². The Hall–Kier alpha value is -2.42. The zero-order valence-corrected chi connectivity index (χ0v) is 20.0. The molecule has 1 amide bonds. The zero-order valence-electron chi connectivity index (χ0n) is 20.0. The summed E-state index contributed by atoms with van der Waals surface area (Å²) in [5, 5.41) is 0. The summed E-state index contributed by atoms with van der Waals surface area (Å²) < 4.78 is 3.46. The molecule has 1 saturated heterocycles. The van der Waals surface area contributed by atoms with Crippen LogP contribution in [0.25, 0.3) is 11.2 Å². The number of hydrogen-bond acceptors (Lipinski definition) is 5. The van der Waals surface area contributed by atoms with Gasteiger partial charge in [-0.25, -0.2) is 9.78 Å². The predicted molar refractivity (Wildman–Crippen MR) is 126 cm³/mol. The minimum atomic E-state index is -0.422. The summed E-state index contributed by atoms with van der Waals surface area (Å²) in [4.78, 5) is 49.2. The first kappa shape index (κ1) is 24.2. The maximum Gasteiger partial charge on any atom is 0.330 e. The maximum absolute atomic E-state index is 12.7. The van der Waals surface area contributed by atoms with Gasteiger partial charge in [-0.15, -0.1) is 0 Å². The monoisotopic (exact) mass is 446 g/mol. The lowest BCUT2D eigenvalue weighted by molar-refractivity contribution is -0.130. The van der Waals surface area contributed by atoms with E-state index in [1.165, 1.54) is 12.8 Å². The second-order valence-corrected chi connectivity index (χ2v) is 9.33. The average Bonchev–Trinajstić information content (AvgIpc) is 3.38. The summed E-state index contributed by atoms with van der Waals surface area (Å²) in [6.45, 7) is 11.2. The number of amides is 1. The molecular weight excluding hydrogens is 408 g/mol. The summed E-state index contributed by atoms with van der Waals surface area (Å²) in [6, 6.07) is 0. The van der Waals surface area contributed by atoms with E-state index in [-0.39, 0.29) is 5.91 Å². The number of fused-ring (bicyclic) bond motifs is 1. The Bertz CT molecular complexity index is 1030. The number of aromatic nitrogens is 4. The van der Waals surface area contributed by atoms with Crippen LogP contribution in [0.15, 0.2) is 9.59 Å². The van der Waals surface area contributed by atoms with E-state index >= 15 is 0 Å². The van der Waals surface area contributed by atoms with Crippen LogP contribution in [0.1, 0.15) is 58.7 Å². The number of imidazole rings is 1. The summed E-state index contributed by atoms with van der Waals surface area (Å²) in [5.41, 5.74) is 0.0255. The van der Waals surface area contributed by atoms with Crippen LogP contribution in [0, 0.1) is 5.92 Å². The van der Waals surface area contributed by atoms with Crippen molar-refractivity contribution in [2.45, 2.75) is 72.4 Å². The number of hydrogen-bond donors (Lipinski definition) is 1. The maximum atomic E-state index is 12.7. The molecule has 9 nitrogen and oxygen atoms in total. The van der Waals surface area contributed by atoms with Crippen LogP contribution in [-0.4, -0.2) is 68.0 Å². The van der Waals surface area contributed by atoms with Gasteiger partial charge in [-0.2, -0.15) is 0 Å². The Kier molecular flexibility index (Phi) is 8.28. The van der Waals surface area contributed by atoms with Crippen LogP contribution in [0.3, 0.4) is 0 Å². The van der Waals surface area contributed by atoms with Crippen LogP contribution in [0.5, 0.6) is 0 Å². The molecule has 3 heterocycles. The summed E-state index contributed by atoms with van der Waals surface area (Å²) in [6.07, 6.45) is 5.02. The fraction of sp³-hybridized carbons (Fsp3) is 0.739. The largest absolute Gasteiger partial charge is 0.344 e. The molecule has 32 heavy (non-hydrogen) atoms. The molecule has 178 valence electrons. The highest BCUT2D eigenvalue weighted by molar-refractivity contribution is 5.76. The predicted octanol–water partition coefficient (Wildman–Crippen LogP) is 1.83. The van der Waals surface area contributed by atoms with E-state index in [9.17, 15) is 14.4 Å². The van der Waals surface area contributed by atoms with Gasteiger partial charge in [0.2, 0.25) is 5.91 Å². The van der Waals surface area contributed by atoms with Gasteiger partial charge >= 0.3 is 5.69 Å². The first-order valence-electron chi connectivity index (χ1n) is 12.0. The lowest BCUT2D eigenvalue weighted by Crippen LogP contribution is -2.35.